The van der Waals surface area contributed by atoms with Crippen molar-refractivity contribution in [2.75, 3.05) is 12.3 Å². The molecule has 0 saturated heterocycles. The zero-order chi connectivity index (χ0) is 15.1. The van der Waals surface area contributed by atoms with Crippen molar-refractivity contribution in [1.82, 2.24) is 5.32 Å². The van der Waals surface area contributed by atoms with Gasteiger partial charge in [0, 0.05) is 22.6 Å². The molecule has 0 amide bonds. The second kappa shape index (κ2) is 8.70. The molecule has 0 heterocycles. The third kappa shape index (κ3) is 4.65. The van der Waals surface area contributed by atoms with Crippen molar-refractivity contribution in [3.63, 3.8) is 0 Å². The molecule has 118 valence electrons. The highest BCUT2D eigenvalue weighted by Crippen LogP contribution is 2.35. The van der Waals surface area contributed by atoms with E-state index in [2.05, 4.69) is 49.5 Å². The highest BCUT2D eigenvalue weighted by molar-refractivity contribution is 7.85. The zero-order valence-corrected chi connectivity index (χ0v) is 14.2. The average molecular weight is 308 g/mol. The van der Waals surface area contributed by atoms with Gasteiger partial charge in [-0.25, -0.2) is 0 Å². The van der Waals surface area contributed by atoms with E-state index < -0.39 is 10.8 Å². The molecule has 1 aromatic carbocycles. The summed E-state index contributed by atoms with van der Waals surface area (Å²) >= 11 is 0. The van der Waals surface area contributed by atoms with E-state index in [0.29, 0.717) is 17.2 Å². The summed E-state index contributed by atoms with van der Waals surface area (Å²) < 4.78 is 12.6. The van der Waals surface area contributed by atoms with Crippen LogP contribution in [0, 0.1) is 0 Å². The molecule has 0 aromatic heterocycles. The fourth-order valence-electron chi connectivity index (χ4n) is 3.36. The van der Waals surface area contributed by atoms with E-state index in [9.17, 15) is 4.21 Å². The first-order valence-electron chi connectivity index (χ1n) is 8.41. The molecular weight excluding hydrogens is 278 g/mol. The van der Waals surface area contributed by atoms with Crippen LogP contribution in [0.5, 0.6) is 0 Å². The van der Waals surface area contributed by atoms with E-state index in [-0.39, 0.29) is 0 Å². The van der Waals surface area contributed by atoms with Crippen molar-refractivity contribution in [3.8, 4) is 0 Å². The minimum Gasteiger partial charge on any atom is -0.313 e. The van der Waals surface area contributed by atoms with Crippen LogP contribution in [0.15, 0.2) is 30.3 Å². The van der Waals surface area contributed by atoms with Gasteiger partial charge >= 0.3 is 0 Å². The maximum absolute atomic E-state index is 12.6. The van der Waals surface area contributed by atoms with Gasteiger partial charge in [-0.3, -0.25) is 4.21 Å². The van der Waals surface area contributed by atoms with Gasteiger partial charge in [0.1, 0.15) is 0 Å². The molecule has 1 aliphatic carbocycles. The van der Waals surface area contributed by atoms with Crippen LogP contribution in [0.1, 0.15) is 57.4 Å². The summed E-state index contributed by atoms with van der Waals surface area (Å²) in [5.41, 5.74) is 1.42. The summed E-state index contributed by atoms with van der Waals surface area (Å²) in [6, 6.07) is 11.2. The lowest BCUT2D eigenvalue weighted by Gasteiger charge is -2.36. The summed E-state index contributed by atoms with van der Waals surface area (Å²) in [5, 5.41) is 3.95. The Hall–Kier alpha value is -0.670. The van der Waals surface area contributed by atoms with E-state index in [1.807, 2.05) is 0 Å². The Labute approximate surface area is 132 Å². The lowest BCUT2D eigenvalue weighted by molar-refractivity contribution is 0.348. The number of hydrogen-bond donors (Lipinski definition) is 1. The third-order valence-electron chi connectivity index (χ3n) is 4.46. The summed E-state index contributed by atoms with van der Waals surface area (Å²) in [6.07, 6.45) is 5.59. The monoisotopic (exact) mass is 307 g/mol. The third-order valence-corrected chi connectivity index (χ3v) is 6.47. The van der Waals surface area contributed by atoms with Gasteiger partial charge in [0.05, 0.1) is 5.25 Å². The van der Waals surface area contributed by atoms with Crippen LogP contribution < -0.4 is 5.32 Å². The minimum atomic E-state index is -0.697. The van der Waals surface area contributed by atoms with E-state index in [4.69, 9.17) is 0 Å². The molecule has 4 atom stereocenters. The van der Waals surface area contributed by atoms with Crippen LogP contribution in [0.25, 0.3) is 0 Å². The average Bonchev–Trinajstić information content (AvgIpc) is 2.54. The summed E-state index contributed by atoms with van der Waals surface area (Å²) in [4.78, 5) is 0. The molecule has 2 rings (SSSR count). The van der Waals surface area contributed by atoms with Crippen molar-refractivity contribution in [2.45, 2.75) is 63.2 Å². The quantitative estimate of drug-likeness (QED) is 0.829. The van der Waals surface area contributed by atoms with Gasteiger partial charge in [0.2, 0.25) is 0 Å². The van der Waals surface area contributed by atoms with Gasteiger partial charge < -0.3 is 5.32 Å². The first-order valence-corrected chi connectivity index (χ1v) is 9.80. The molecule has 0 spiro atoms. The highest BCUT2D eigenvalue weighted by Gasteiger charge is 2.34. The van der Waals surface area contributed by atoms with Crippen LogP contribution in [0.2, 0.25) is 0 Å². The number of nitrogens with one attached hydrogen (secondary N) is 1. The van der Waals surface area contributed by atoms with E-state index in [1.165, 1.54) is 12.0 Å². The summed E-state index contributed by atoms with van der Waals surface area (Å²) in [5.74, 6) is 1.42. The molecule has 1 aliphatic rings. The largest absolute Gasteiger partial charge is 0.313 e. The second-order valence-corrected chi connectivity index (χ2v) is 7.88. The Morgan fingerprint density at radius 1 is 1.14 bits per heavy atom. The lowest BCUT2D eigenvalue weighted by Crippen LogP contribution is -2.46. The molecule has 3 heteroatoms. The SMILES string of the molecule is CCCNC1CCC(c2ccccc2)CC1S(=O)CCC. The van der Waals surface area contributed by atoms with Crippen molar-refractivity contribution in [2.24, 2.45) is 0 Å². The van der Waals surface area contributed by atoms with Gasteiger partial charge in [-0.15, -0.1) is 0 Å². The smallest absolute Gasteiger partial charge is 0.0507 e. The Morgan fingerprint density at radius 3 is 2.57 bits per heavy atom. The van der Waals surface area contributed by atoms with Crippen molar-refractivity contribution in [3.05, 3.63) is 35.9 Å². The Morgan fingerprint density at radius 2 is 1.90 bits per heavy atom. The molecule has 0 radical (unpaired) electrons. The Balaban J connectivity index is 2.06. The molecule has 1 saturated carbocycles. The molecule has 0 bridgehead atoms. The molecule has 0 aliphatic heterocycles. The maximum atomic E-state index is 12.6. The first-order chi connectivity index (χ1) is 10.3. The fraction of sp³-hybridized carbons (Fsp3) is 0.667. The van der Waals surface area contributed by atoms with E-state index in [1.54, 1.807) is 0 Å². The first kappa shape index (κ1) is 16.7. The van der Waals surface area contributed by atoms with Crippen LogP contribution >= 0.6 is 0 Å². The van der Waals surface area contributed by atoms with Crippen molar-refractivity contribution >= 4 is 10.8 Å². The molecule has 1 fully saturated rings. The fourth-order valence-corrected chi connectivity index (χ4v) is 5.11. The lowest BCUT2D eigenvalue weighted by atomic mass is 9.81. The van der Waals surface area contributed by atoms with Crippen LogP contribution in [0.3, 0.4) is 0 Å². The predicted molar refractivity (Wildman–Crippen MR) is 92.2 cm³/mol. The normalized spacial score (nSPS) is 27.4. The molecule has 4 unspecified atom stereocenters. The second-order valence-electron chi connectivity index (χ2n) is 6.10. The van der Waals surface area contributed by atoms with Crippen molar-refractivity contribution < 1.29 is 4.21 Å². The number of hydrogen-bond acceptors (Lipinski definition) is 2. The molecule has 2 nitrogen and oxygen atoms in total. The Kier molecular flexibility index (Phi) is 6.91. The van der Waals surface area contributed by atoms with E-state index >= 15 is 0 Å². The minimum absolute atomic E-state index is 0.315. The Bertz CT molecular complexity index is 434. The van der Waals surface area contributed by atoms with Crippen LogP contribution in [-0.2, 0) is 10.8 Å². The number of benzene rings is 1. The standard InChI is InChI=1S/C18H29NOS/c1-3-12-19-17-11-10-16(15-8-6-5-7-9-15)14-18(17)21(20)13-4-2/h5-9,16-19H,3-4,10-14H2,1-2H3. The van der Waals surface area contributed by atoms with Gasteiger partial charge in [-0.1, -0.05) is 44.2 Å². The molecular formula is C18H29NOS. The van der Waals surface area contributed by atoms with E-state index in [0.717, 1.165) is 38.0 Å². The highest BCUT2D eigenvalue weighted by atomic mass is 32.2. The van der Waals surface area contributed by atoms with Gasteiger partial charge in [0.25, 0.3) is 0 Å². The maximum Gasteiger partial charge on any atom is 0.0507 e. The van der Waals surface area contributed by atoms with Crippen LogP contribution in [-0.4, -0.2) is 27.8 Å². The molecule has 1 N–H and O–H groups in total. The summed E-state index contributed by atoms with van der Waals surface area (Å²) in [7, 11) is -0.697. The zero-order valence-electron chi connectivity index (χ0n) is 13.4. The predicted octanol–water partition coefficient (Wildman–Crippen LogP) is 3.85. The van der Waals surface area contributed by atoms with Gasteiger partial charge in [0.15, 0.2) is 0 Å². The molecule has 21 heavy (non-hydrogen) atoms. The number of rotatable bonds is 7. The van der Waals surface area contributed by atoms with Gasteiger partial charge in [-0.05, 0) is 50.1 Å². The van der Waals surface area contributed by atoms with Gasteiger partial charge in [-0.2, -0.15) is 0 Å². The molecule has 1 aromatic rings. The topological polar surface area (TPSA) is 29.1 Å². The van der Waals surface area contributed by atoms with Crippen molar-refractivity contribution in [1.29, 1.82) is 0 Å². The summed E-state index contributed by atoms with van der Waals surface area (Å²) in [6.45, 7) is 5.37. The van der Waals surface area contributed by atoms with Crippen LogP contribution in [0.4, 0.5) is 0 Å².